The van der Waals surface area contributed by atoms with Gasteiger partial charge in [0.2, 0.25) is 0 Å². The molecule has 1 aromatic heterocycles. The summed E-state index contributed by atoms with van der Waals surface area (Å²) in [5.41, 5.74) is 1.36. The first kappa shape index (κ1) is 13.5. The fraction of sp³-hybridized carbons (Fsp3) is 0.667. The smallest absolute Gasteiger partial charge is 0.0540 e. The third-order valence-electron chi connectivity index (χ3n) is 3.92. The van der Waals surface area contributed by atoms with Gasteiger partial charge in [-0.15, -0.1) is 0 Å². The molecule has 2 rings (SSSR count). The molecule has 0 spiro atoms. The summed E-state index contributed by atoms with van der Waals surface area (Å²) in [4.78, 5) is 6.46. The van der Waals surface area contributed by atoms with Gasteiger partial charge >= 0.3 is 0 Å². The Hall–Kier alpha value is -0.930. The van der Waals surface area contributed by atoms with E-state index in [4.69, 9.17) is 0 Å². The molecule has 1 fully saturated rings. The summed E-state index contributed by atoms with van der Waals surface area (Å²) < 4.78 is 0. The SMILES string of the molecule is CN(CCc1ccncc1)CC1CCC(O)CC1. The van der Waals surface area contributed by atoms with Gasteiger partial charge in [-0.05, 0) is 62.8 Å². The van der Waals surface area contributed by atoms with E-state index in [1.807, 2.05) is 12.4 Å². The molecule has 1 aromatic rings. The van der Waals surface area contributed by atoms with E-state index in [-0.39, 0.29) is 6.10 Å². The van der Waals surface area contributed by atoms with Crippen LogP contribution in [0.1, 0.15) is 31.2 Å². The van der Waals surface area contributed by atoms with Crippen LogP contribution >= 0.6 is 0 Å². The minimum atomic E-state index is -0.0385. The van der Waals surface area contributed by atoms with Gasteiger partial charge in [0.1, 0.15) is 0 Å². The second-order valence-electron chi connectivity index (χ2n) is 5.54. The highest BCUT2D eigenvalue weighted by molar-refractivity contribution is 5.09. The molecule has 1 saturated carbocycles. The largest absolute Gasteiger partial charge is 0.393 e. The second-order valence-corrected chi connectivity index (χ2v) is 5.54. The van der Waals surface area contributed by atoms with Gasteiger partial charge in [-0.3, -0.25) is 4.98 Å². The third-order valence-corrected chi connectivity index (χ3v) is 3.92. The fourth-order valence-electron chi connectivity index (χ4n) is 2.73. The van der Waals surface area contributed by atoms with Gasteiger partial charge in [-0.25, -0.2) is 0 Å². The van der Waals surface area contributed by atoms with E-state index in [0.29, 0.717) is 0 Å². The number of rotatable bonds is 5. The fourth-order valence-corrected chi connectivity index (χ4v) is 2.73. The summed E-state index contributed by atoms with van der Waals surface area (Å²) in [6.45, 7) is 2.26. The van der Waals surface area contributed by atoms with E-state index in [9.17, 15) is 5.11 Å². The Labute approximate surface area is 110 Å². The highest BCUT2D eigenvalue weighted by atomic mass is 16.3. The van der Waals surface area contributed by atoms with E-state index in [2.05, 4.69) is 29.1 Å². The zero-order chi connectivity index (χ0) is 12.8. The molecule has 1 aliphatic carbocycles. The van der Waals surface area contributed by atoms with E-state index in [1.165, 1.54) is 18.4 Å². The van der Waals surface area contributed by atoms with Crippen LogP contribution in [0.3, 0.4) is 0 Å². The van der Waals surface area contributed by atoms with Gasteiger partial charge in [0.05, 0.1) is 6.10 Å². The van der Waals surface area contributed by atoms with Crippen molar-refractivity contribution in [1.29, 1.82) is 0 Å². The molecule has 0 unspecified atom stereocenters. The van der Waals surface area contributed by atoms with Crippen molar-refractivity contribution in [2.24, 2.45) is 5.92 Å². The van der Waals surface area contributed by atoms with E-state index in [0.717, 1.165) is 38.3 Å². The molecule has 0 bridgehead atoms. The summed E-state index contributed by atoms with van der Waals surface area (Å²) in [6.07, 6.45) is 9.11. The summed E-state index contributed by atoms with van der Waals surface area (Å²) in [5.74, 6) is 0.774. The number of nitrogens with zero attached hydrogens (tertiary/aromatic N) is 2. The average Bonchev–Trinajstić information content (AvgIpc) is 2.40. The lowest BCUT2D eigenvalue weighted by Gasteiger charge is -2.29. The number of aliphatic hydroxyl groups excluding tert-OH is 1. The van der Waals surface area contributed by atoms with Crippen LogP contribution in [0.5, 0.6) is 0 Å². The van der Waals surface area contributed by atoms with Crippen LogP contribution in [-0.2, 0) is 6.42 Å². The van der Waals surface area contributed by atoms with E-state index in [1.54, 1.807) is 0 Å². The normalized spacial score (nSPS) is 24.4. The van der Waals surface area contributed by atoms with Crippen molar-refractivity contribution in [2.45, 2.75) is 38.2 Å². The quantitative estimate of drug-likeness (QED) is 0.867. The average molecular weight is 248 g/mol. The molecule has 1 N–H and O–H groups in total. The van der Waals surface area contributed by atoms with Crippen LogP contribution < -0.4 is 0 Å². The van der Waals surface area contributed by atoms with Gasteiger partial charge in [-0.2, -0.15) is 0 Å². The van der Waals surface area contributed by atoms with Crippen molar-refractivity contribution in [3.63, 3.8) is 0 Å². The lowest BCUT2D eigenvalue weighted by Crippen LogP contribution is -2.31. The molecule has 18 heavy (non-hydrogen) atoms. The highest BCUT2D eigenvalue weighted by Gasteiger charge is 2.20. The molecule has 100 valence electrons. The lowest BCUT2D eigenvalue weighted by molar-refractivity contribution is 0.0978. The molecule has 0 radical (unpaired) electrons. The molecule has 1 aliphatic rings. The molecule has 0 amide bonds. The first-order valence-electron chi connectivity index (χ1n) is 6.99. The van der Waals surface area contributed by atoms with Gasteiger partial charge in [0.15, 0.2) is 0 Å². The zero-order valence-electron chi connectivity index (χ0n) is 11.3. The number of likely N-dealkylation sites (N-methyl/N-ethyl adjacent to an activating group) is 1. The molecular weight excluding hydrogens is 224 g/mol. The van der Waals surface area contributed by atoms with Gasteiger partial charge in [0.25, 0.3) is 0 Å². The molecule has 0 atom stereocenters. The monoisotopic (exact) mass is 248 g/mol. The maximum atomic E-state index is 9.49. The standard InChI is InChI=1S/C15H24N2O/c1-17(11-8-13-6-9-16-10-7-13)12-14-2-4-15(18)5-3-14/h6-7,9-10,14-15,18H,2-5,8,11-12H2,1H3. The maximum absolute atomic E-state index is 9.49. The zero-order valence-corrected chi connectivity index (χ0v) is 11.3. The number of aromatic nitrogens is 1. The molecular formula is C15H24N2O. The Morgan fingerprint density at radius 2 is 1.89 bits per heavy atom. The van der Waals surface area contributed by atoms with Crippen LogP contribution in [0.2, 0.25) is 0 Å². The van der Waals surface area contributed by atoms with Gasteiger partial charge in [0, 0.05) is 25.5 Å². The molecule has 3 heteroatoms. The van der Waals surface area contributed by atoms with Gasteiger partial charge in [-0.1, -0.05) is 0 Å². The number of hydrogen-bond acceptors (Lipinski definition) is 3. The topological polar surface area (TPSA) is 36.4 Å². The summed E-state index contributed by atoms with van der Waals surface area (Å²) >= 11 is 0. The third kappa shape index (κ3) is 4.39. The molecule has 0 saturated heterocycles. The predicted molar refractivity (Wildman–Crippen MR) is 73.4 cm³/mol. The van der Waals surface area contributed by atoms with Gasteiger partial charge < -0.3 is 10.0 Å². The molecule has 3 nitrogen and oxygen atoms in total. The van der Waals surface area contributed by atoms with Crippen LogP contribution in [0.15, 0.2) is 24.5 Å². The Morgan fingerprint density at radius 1 is 1.22 bits per heavy atom. The predicted octanol–water partition coefficient (Wildman–Crippen LogP) is 2.11. The van der Waals surface area contributed by atoms with Crippen LogP contribution in [0.4, 0.5) is 0 Å². The van der Waals surface area contributed by atoms with Crippen molar-refractivity contribution in [1.82, 2.24) is 9.88 Å². The number of aliphatic hydroxyl groups is 1. The van der Waals surface area contributed by atoms with Crippen molar-refractivity contribution in [3.8, 4) is 0 Å². The summed E-state index contributed by atoms with van der Waals surface area (Å²) in [5, 5.41) is 9.49. The van der Waals surface area contributed by atoms with E-state index < -0.39 is 0 Å². The van der Waals surface area contributed by atoms with Crippen molar-refractivity contribution >= 4 is 0 Å². The minimum absolute atomic E-state index is 0.0385. The summed E-state index contributed by atoms with van der Waals surface area (Å²) in [6, 6.07) is 4.18. The Bertz CT molecular complexity index is 334. The Balaban J connectivity index is 1.67. The molecule has 1 heterocycles. The number of pyridine rings is 1. The number of hydrogen-bond donors (Lipinski definition) is 1. The van der Waals surface area contributed by atoms with E-state index >= 15 is 0 Å². The highest BCUT2D eigenvalue weighted by Crippen LogP contribution is 2.24. The lowest BCUT2D eigenvalue weighted by atomic mass is 9.87. The minimum Gasteiger partial charge on any atom is -0.393 e. The maximum Gasteiger partial charge on any atom is 0.0540 e. The van der Waals surface area contributed by atoms with Crippen LogP contribution in [-0.4, -0.2) is 41.2 Å². The van der Waals surface area contributed by atoms with Crippen molar-refractivity contribution in [2.75, 3.05) is 20.1 Å². The first-order valence-corrected chi connectivity index (χ1v) is 6.99. The first-order chi connectivity index (χ1) is 8.74. The van der Waals surface area contributed by atoms with Crippen molar-refractivity contribution in [3.05, 3.63) is 30.1 Å². The molecule has 0 aromatic carbocycles. The van der Waals surface area contributed by atoms with Crippen LogP contribution in [0, 0.1) is 5.92 Å². The van der Waals surface area contributed by atoms with Crippen molar-refractivity contribution < 1.29 is 5.11 Å². The van der Waals surface area contributed by atoms with Crippen LogP contribution in [0.25, 0.3) is 0 Å². The molecule has 0 aliphatic heterocycles. The summed E-state index contributed by atoms with van der Waals surface area (Å²) in [7, 11) is 2.20. The Morgan fingerprint density at radius 3 is 2.56 bits per heavy atom. The second kappa shape index (κ2) is 6.86. The Kier molecular flexibility index (Phi) is 5.14.